The van der Waals surface area contributed by atoms with E-state index < -0.39 is 47.0 Å². The largest absolute Gasteiger partial charge is 0.460 e. The second kappa shape index (κ2) is 22.9. The highest BCUT2D eigenvalue weighted by Crippen LogP contribution is 2.20. The maximum absolute atomic E-state index is 11.6. The van der Waals surface area contributed by atoms with Crippen molar-refractivity contribution >= 4 is 38.1 Å². The summed E-state index contributed by atoms with van der Waals surface area (Å²) in [6, 6.07) is -0.116. The summed E-state index contributed by atoms with van der Waals surface area (Å²) in [5.41, 5.74) is -2.81. The zero-order valence-electron chi connectivity index (χ0n) is 43.6. The summed E-state index contributed by atoms with van der Waals surface area (Å²) in [4.78, 5) is 33.9. The normalized spacial score (nSPS) is 13.6. The minimum atomic E-state index is -3.40. The smallest absolute Gasteiger partial charge is 0.315 e. The van der Waals surface area contributed by atoms with Crippen molar-refractivity contribution in [2.24, 2.45) is 10.8 Å². The van der Waals surface area contributed by atoms with Crippen LogP contribution in [0.5, 0.6) is 0 Å². The molecule has 0 aromatic carbocycles. The Morgan fingerprint density at radius 3 is 0.763 bits per heavy atom. The van der Waals surface area contributed by atoms with Crippen LogP contribution in [0.2, 0.25) is 0 Å². The summed E-state index contributed by atoms with van der Waals surface area (Å²) in [5.74, 6) is -0.0463. The van der Waals surface area contributed by atoms with Crippen molar-refractivity contribution in [3.63, 3.8) is 0 Å². The van der Waals surface area contributed by atoms with Crippen molar-refractivity contribution in [3.8, 4) is 0 Å². The molecule has 16 heteroatoms. The van der Waals surface area contributed by atoms with Gasteiger partial charge in [-0.1, -0.05) is 20.8 Å². The van der Waals surface area contributed by atoms with Crippen molar-refractivity contribution in [2.75, 3.05) is 0 Å². The molecular weight excluding hydrogens is 793 g/mol. The fraction of sp³-hybridized carbons (Fsp3) is 0.930. The van der Waals surface area contributed by atoms with Crippen LogP contribution >= 0.6 is 0 Å². The van der Waals surface area contributed by atoms with Gasteiger partial charge < -0.3 is 20.7 Å². The van der Waals surface area contributed by atoms with Crippen LogP contribution in [0, 0.1) is 10.8 Å². The SMILES string of the molecule is CC(C)(C)NC(=O)C(C)(C)C.CC(C)(C)NC(=O)NC(C)(C)C.CC(C)(C)NS(=O)(=O)C(C)(C)C.CC(C)(C)NS(=O)(=O)NC(C)(C)C.CC(C)(C)OC(=O)C(C)(C)C. The highest BCUT2D eigenvalue weighted by molar-refractivity contribution is 7.90. The van der Waals surface area contributed by atoms with E-state index in [0.29, 0.717) is 0 Å². The monoisotopic (exact) mass is 889 g/mol. The second-order valence-corrected chi connectivity index (χ2v) is 28.8. The van der Waals surface area contributed by atoms with Crippen molar-refractivity contribution < 1.29 is 36.0 Å². The quantitative estimate of drug-likeness (QED) is 0.151. The lowest BCUT2D eigenvalue weighted by molar-refractivity contribution is -0.164. The number of carbonyl (C=O) groups is 3. The molecule has 0 radical (unpaired) electrons. The first-order valence-corrected chi connectivity index (χ1v) is 23.2. The van der Waals surface area contributed by atoms with E-state index in [-0.39, 0.29) is 45.5 Å². The molecule has 0 heterocycles. The molecule has 14 nitrogen and oxygen atoms in total. The van der Waals surface area contributed by atoms with Gasteiger partial charge in [0, 0.05) is 38.6 Å². The zero-order chi connectivity index (χ0) is 49.7. The van der Waals surface area contributed by atoms with Crippen LogP contribution in [-0.2, 0) is 34.6 Å². The van der Waals surface area contributed by atoms with Gasteiger partial charge in [-0.3, -0.25) is 9.59 Å². The number of esters is 1. The van der Waals surface area contributed by atoms with Gasteiger partial charge in [0.15, 0.2) is 0 Å². The van der Waals surface area contributed by atoms with Crippen LogP contribution in [0.15, 0.2) is 0 Å². The summed E-state index contributed by atoms with van der Waals surface area (Å²) in [5, 5.41) is 8.57. The maximum atomic E-state index is 11.6. The molecule has 3 amide bonds. The van der Waals surface area contributed by atoms with Gasteiger partial charge >= 0.3 is 12.0 Å². The van der Waals surface area contributed by atoms with Crippen LogP contribution < -0.4 is 30.1 Å². The summed E-state index contributed by atoms with van der Waals surface area (Å²) in [6.07, 6.45) is 0. The standard InChI is InChI=1S/C9H20N2O.C9H19NO.C9H18O2.C8H20N2O2S.C8H19NO2S/c1-8(2,3)10-7(12)11-9(4,5)6;1-8(2,3)7(11)10-9(4,5)6;1-8(2,3)7(10)11-9(4,5)6;1-7(2,3)9-13(11,12)10-8(4,5)6;1-7(2,3)9-12(10,11)8(4,5)6/h1-6H3,(H2,10,11,12);1-6H3,(H,10,11);1-6H3;9-10H,1-6H3;9H,1-6H3. The van der Waals surface area contributed by atoms with E-state index in [4.69, 9.17) is 4.74 Å². The number of hydrogen-bond donors (Lipinski definition) is 6. The summed E-state index contributed by atoms with van der Waals surface area (Å²) in [7, 11) is -6.60. The van der Waals surface area contributed by atoms with Crippen molar-refractivity contribution in [2.45, 2.75) is 251 Å². The minimum Gasteiger partial charge on any atom is -0.460 e. The third kappa shape index (κ3) is 50.3. The lowest BCUT2D eigenvalue weighted by Gasteiger charge is -2.27. The van der Waals surface area contributed by atoms with Gasteiger partial charge in [-0.15, -0.1) is 0 Å². The van der Waals surface area contributed by atoms with E-state index in [1.807, 2.05) is 145 Å². The second-order valence-electron chi connectivity index (χ2n) is 25.0. The Balaban J connectivity index is -0.000000206. The van der Waals surface area contributed by atoms with Gasteiger partial charge in [0.1, 0.15) is 5.60 Å². The van der Waals surface area contributed by atoms with Gasteiger partial charge in [-0.05, 0) is 187 Å². The Labute approximate surface area is 365 Å². The molecule has 0 unspecified atom stereocenters. The maximum Gasteiger partial charge on any atom is 0.315 e. The minimum absolute atomic E-state index is 0.102. The first-order chi connectivity index (χ1) is 24.7. The molecule has 0 aliphatic heterocycles. The topological polar surface area (TPSA) is 201 Å². The third-order valence-corrected chi connectivity index (χ3v) is 9.54. The molecule has 0 aliphatic rings. The molecule has 0 rings (SSSR count). The summed E-state index contributed by atoms with van der Waals surface area (Å²) in [6.45, 7) is 55.9. The van der Waals surface area contributed by atoms with Crippen LogP contribution in [0.1, 0.15) is 208 Å². The molecule has 6 N–H and O–H groups in total. The Morgan fingerprint density at radius 2 is 0.644 bits per heavy atom. The van der Waals surface area contributed by atoms with Crippen LogP contribution in [-0.4, -0.2) is 78.3 Å². The highest BCUT2D eigenvalue weighted by atomic mass is 32.2. The Hall–Kier alpha value is -2.01. The molecular formula is C43H96N6O8S2. The van der Waals surface area contributed by atoms with E-state index >= 15 is 0 Å². The molecule has 358 valence electrons. The van der Waals surface area contributed by atoms with Crippen LogP contribution in [0.3, 0.4) is 0 Å². The Kier molecular flexibility index (Phi) is 25.7. The number of ether oxygens (including phenoxy) is 1. The van der Waals surface area contributed by atoms with Crippen molar-refractivity contribution in [1.29, 1.82) is 0 Å². The lowest BCUT2D eigenvalue weighted by atomic mass is 9.94. The molecule has 0 aliphatic carbocycles. The van der Waals surface area contributed by atoms with Gasteiger partial charge in [0.25, 0.3) is 10.2 Å². The zero-order valence-corrected chi connectivity index (χ0v) is 45.2. The number of rotatable bonds is 3. The van der Waals surface area contributed by atoms with E-state index in [1.54, 1.807) is 62.3 Å². The number of amides is 3. The Bertz CT molecular complexity index is 1410. The molecule has 0 fully saturated rings. The predicted molar refractivity (Wildman–Crippen MR) is 250 cm³/mol. The number of carbonyl (C=O) groups excluding carboxylic acids is 3. The molecule has 0 saturated carbocycles. The van der Waals surface area contributed by atoms with Crippen LogP contribution in [0.4, 0.5) is 4.79 Å². The molecule has 0 spiro atoms. The van der Waals surface area contributed by atoms with Gasteiger partial charge in [0.05, 0.1) is 10.2 Å². The third-order valence-electron chi connectivity index (χ3n) is 5.29. The first kappa shape index (κ1) is 66.1. The van der Waals surface area contributed by atoms with Gasteiger partial charge in [-0.2, -0.15) is 17.9 Å². The van der Waals surface area contributed by atoms with Gasteiger partial charge in [0.2, 0.25) is 15.9 Å². The molecule has 0 atom stereocenters. The Morgan fingerprint density at radius 1 is 0.373 bits per heavy atom. The van der Waals surface area contributed by atoms with Crippen molar-refractivity contribution in [3.05, 3.63) is 0 Å². The first-order valence-electron chi connectivity index (χ1n) is 20.3. The number of sulfonamides is 1. The van der Waals surface area contributed by atoms with Gasteiger partial charge in [-0.25, -0.2) is 17.9 Å². The molecule has 0 aromatic heterocycles. The van der Waals surface area contributed by atoms with E-state index in [9.17, 15) is 31.2 Å². The average molecular weight is 889 g/mol. The molecule has 0 bridgehead atoms. The fourth-order valence-corrected chi connectivity index (χ4v) is 5.84. The van der Waals surface area contributed by atoms with E-state index in [2.05, 4.69) is 30.1 Å². The molecule has 59 heavy (non-hydrogen) atoms. The van der Waals surface area contributed by atoms with E-state index in [0.717, 1.165) is 0 Å². The molecule has 0 saturated heterocycles. The number of urea groups is 1. The summed E-state index contributed by atoms with van der Waals surface area (Å²) < 4.78 is 58.1. The average Bonchev–Trinajstić information content (AvgIpc) is 2.74. The lowest BCUT2D eigenvalue weighted by Crippen LogP contribution is -2.52. The summed E-state index contributed by atoms with van der Waals surface area (Å²) >= 11 is 0. The number of nitrogens with one attached hydrogen (secondary N) is 6. The van der Waals surface area contributed by atoms with E-state index in [1.165, 1.54) is 0 Å². The molecule has 0 aromatic rings. The highest BCUT2D eigenvalue weighted by Gasteiger charge is 2.32. The van der Waals surface area contributed by atoms with Crippen molar-refractivity contribution in [1.82, 2.24) is 30.1 Å². The van der Waals surface area contributed by atoms with Crippen LogP contribution in [0.25, 0.3) is 0 Å². The fourth-order valence-electron chi connectivity index (χ4n) is 3.06. The number of hydrogen-bond acceptors (Lipinski definition) is 8. The predicted octanol–water partition coefficient (Wildman–Crippen LogP) is 8.71.